The summed E-state index contributed by atoms with van der Waals surface area (Å²) in [6, 6.07) is 8.86. The fourth-order valence-electron chi connectivity index (χ4n) is 3.40. The number of amides is 1. The van der Waals surface area contributed by atoms with E-state index in [1.165, 1.54) is 36.8 Å². The molecule has 0 spiro atoms. The van der Waals surface area contributed by atoms with Crippen LogP contribution in [0, 0.1) is 5.82 Å². The summed E-state index contributed by atoms with van der Waals surface area (Å²) in [4.78, 5) is 27.1. The summed E-state index contributed by atoms with van der Waals surface area (Å²) in [6.07, 6.45) is 0. The monoisotopic (exact) mass is 441 g/mol. The van der Waals surface area contributed by atoms with Gasteiger partial charge in [0, 0.05) is 5.56 Å². The predicted octanol–water partition coefficient (Wildman–Crippen LogP) is 3.32. The predicted molar refractivity (Wildman–Crippen MR) is 111 cm³/mol. The highest BCUT2D eigenvalue weighted by Gasteiger charge is 2.48. The first-order valence-corrected chi connectivity index (χ1v) is 9.89. The Hall–Kier alpha value is -3.79. The molecule has 10 heteroatoms. The summed E-state index contributed by atoms with van der Waals surface area (Å²) in [5.41, 5.74) is 1.96. The van der Waals surface area contributed by atoms with Crippen molar-refractivity contribution >= 4 is 33.9 Å². The van der Waals surface area contributed by atoms with E-state index in [4.69, 9.17) is 9.47 Å². The molecule has 0 radical (unpaired) electrons. The van der Waals surface area contributed by atoms with Crippen LogP contribution in [0.15, 0.2) is 53.5 Å². The zero-order valence-corrected chi connectivity index (χ0v) is 17.2. The van der Waals surface area contributed by atoms with Gasteiger partial charge in [-0.15, -0.1) is 10.2 Å². The largest absolute Gasteiger partial charge is 0.507 e. The molecule has 1 aliphatic heterocycles. The number of aromatic nitrogens is 2. The standard InChI is InChI=1S/C21H16FN3O5S/c1-29-14-8-5-12(9-15(14)30-2)17-16(18(26)11-3-6-13(22)7-4-11)19(27)20(28)25(17)21-24-23-10-31-21/h3-10,17,26H,1-2H3. The van der Waals surface area contributed by atoms with Crippen molar-refractivity contribution in [2.24, 2.45) is 0 Å². The van der Waals surface area contributed by atoms with Gasteiger partial charge in [-0.1, -0.05) is 17.4 Å². The lowest BCUT2D eigenvalue weighted by Gasteiger charge is -2.23. The second-order valence-electron chi connectivity index (χ2n) is 6.51. The number of hydrogen-bond acceptors (Lipinski definition) is 8. The summed E-state index contributed by atoms with van der Waals surface area (Å²) in [7, 11) is 2.95. The quantitative estimate of drug-likeness (QED) is 0.368. The van der Waals surface area contributed by atoms with Gasteiger partial charge in [0.25, 0.3) is 5.78 Å². The number of Topliss-reactive ketones (excluding diaryl/α,β-unsaturated/α-hetero) is 1. The van der Waals surface area contributed by atoms with E-state index in [0.29, 0.717) is 17.1 Å². The number of methoxy groups -OCH3 is 2. The maximum absolute atomic E-state index is 13.3. The molecule has 1 atom stereocenters. The number of carbonyl (C=O) groups excluding carboxylic acids is 2. The molecule has 31 heavy (non-hydrogen) atoms. The van der Waals surface area contributed by atoms with E-state index in [1.807, 2.05) is 0 Å². The normalized spacial score (nSPS) is 17.8. The molecule has 0 bridgehead atoms. The van der Waals surface area contributed by atoms with Crippen LogP contribution in [0.2, 0.25) is 0 Å². The van der Waals surface area contributed by atoms with Crippen molar-refractivity contribution in [2.45, 2.75) is 6.04 Å². The maximum atomic E-state index is 13.3. The van der Waals surface area contributed by atoms with E-state index in [0.717, 1.165) is 23.5 Å². The summed E-state index contributed by atoms with van der Waals surface area (Å²) >= 11 is 1.07. The van der Waals surface area contributed by atoms with Gasteiger partial charge in [0.05, 0.1) is 25.8 Å². The Morgan fingerprint density at radius 3 is 2.42 bits per heavy atom. The van der Waals surface area contributed by atoms with E-state index in [9.17, 15) is 19.1 Å². The van der Waals surface area contributed by atoms with Crippen LogP contribution in [0.4, 0.5) is 9.52 Å². The zero-order chi connectivity index (χ0) is 22.1. The van der Waals surface area contributed by atoms with Crippen LogP contribution in [0.1, 0.15) is 17.2 Å². The molecule has 1 amide bonds. The Morgan fingerprint density at radius 1 is 1.10 bits per heavy atom. The molecule has 1 saturated heterocycles. The number of aliphatic hydroxyl groups excluding tert-OH is 1. The first-order chi connectivity index (χ1) is 15.0. The molecule has 0 aliphatic carbocycles. The fraction of sp³-hybridized carbons (Fsp3) is 0.143. The molecule has 0 saturated carbocycles. The van der Waals surface area contributed by atoms with E-state index >= 15 is 0 Å². The molecule has 3 aromatic rings. The van der Waals surface area contributed by atoms with Gasteiger partial charge in [-0.25, -0.2) is 4.39 Å². The fourth-order valence-corrected chi connectivity index (χ4v) is 3.99. The van der Waals surface area contributed by atoms with E-state index in [-0.39, 0.29) is 16.3 Å². The number of anilines is 1. The maximum Gasteiger partial charge on any atom is 0.301 e. The van der Waals surface area contributed by atoms with Gasteiger partial charge in [-0.3, -0.25) is 14.5 Å². The topological polar surface area (TPSA) is 102 Å². The third-order valence-electron chi connectivity index (χ3n) is 4.84. The smallest absolute Gasteiger partial charge is 0.301 e. The van der Waals surface area contributed by atoms with Crippen LogP contribution in [0.3, 0.4) is 0 Å². The molecule has 2 heterocycles. The van der Waals surface area contributed by atoms with Gasteiger partial charge in [-0.2, -0.15) is 0 Å². The molecule has 1 aromatic heterocycles. The van der Waals surface area contributed by atoms with Crippen LogP contribution in [0.5, 0.6) is 11.5 Å². The van der Waals surface area contributed by atoms with Crippen LogP contribution in [-0.2, 0) is 9.59 Å². The van der Waals surface area contributed by atoms with Crippen LogP contribution < -0.4 is 14.4 Å². The SMILES string of the molecule is COc1ccc(C2C(=C(O)c3ccc(F)cc3)C(=O)C(=O)N2c2nncs2)cc1OC. The van der Waals surface area contributed by atoms with Crippen LogP contribution in [-0.4, -0.2) is 41.2 Å². The Kier molecular flexibility index (Phi) is 5.38. The van der Waals surface area contributed by atoms with Gasteiger partial charge >= 0.3 is 5.91 Å². The minimum Gasteiger partial charge on any atom is -0.507 e. The summed E-state index contributed by atoms with van der Waals surface area (Å²) < 4.78 is 24.0. The second-order valence-corrected chi connectivity index (χ2v) is 7.32. The highest BCUT2D eigenvalue weighted by atomic mass is 32.1. The summed E-state index contributed by atoms with van der Waals surface area (Å²) in [5, 5.41) is 18.8. The Labute approximate surface area is 180 Å². The first-order valence-electron chi connectivity index (χ1n) is 9.01. The molecule has 158 valence electrons. The van der Waals surface area contributed by atoms with Crippen molar-refractivity contribution in [3.63, 3.8) is 0 Å². The molecule has 2 aromatic carbocycles. The van der Waals surface area contributed by atoms with Gasteiger partial charge < -0.3 is 14.6 Å². The average molecular weight is 441 g/mol. The van der Waals surface area contributed by atoms with Crippen molar-refractivity contribution in [3.8, 4) is 11.5 Å². The lowest BCUT2D eigenvalue weighted by molar-refractivity contribution is -0.132. The number of nitrogens with zero attached hydrogens (tertiary/aromatic N) is 3. The number of aliphatic hydroxyl groups is 1. The van der Waals surface area contributed by atoms with Crippen LogP contribution in [0.25, 0.3) is 5.76 Å². The van der Waals surface area contributed by atoms with Gasteiger partial charge in [-0.05, 0) is 42.0 Å². The summed E-state index contributed by atoms with van der Waals surface area (Å²) in [6.45, 7) is 0. The number of rotatable bonds is 5. The number of ether oxygens (including phenoxy) is 2. The molecular weight excluding hydrogens is 425 g/mol. The Balaban J connectivity index is 1.94. The highest BCUT2D eigenvalue weighted by Crippen LogP contribution is 2.44. The zero-order valence-electron chi connectivity index (χ0n) is 16.4. The van der Waals surface area contributed by atoms with Gasteiger partial charge in [0.15, 0.2) is 11.5 Å². The minimum absolute atomic E-state index is 0.154. The lowest BCUT2D eigenvalue weighted by atomic mass is 9.95. The van der Waals surface area contributed by atoms with E-state index in [2.05, 4.69) is 10.2 Å². The molecule has 1 aliphatic rings. The van der Waals surface area contributed by atoms with E-state index in [1.54, 1.807) is 18.2 Å². The summed E-state index contributed by atoms with van der Waals surface area (Å²) in [5.74, 6) is -1.84. The van der Waals surface area contributed by atoms with Crippen molar-refractivity contribution in [3.05, 3.63) is 70.5 Å². The first kappa shape index (κ1) is 20.5. The molecule has 8 nitrogen and oxygen atoms in total. The average Bonchev–Trinajstić information content (AvgIpc) is 3.40. The number of benzene rings is 2. The van der Waals surface area contributed by atoms with Crippen LogP contribution >= 0.6 is 11.3 Å². The van der Waals surface area contributed by atoms with Crippen molar-refractivity contribution in [1.82, 2.24) is 10.2 Å². The van der Waals surface area contributed by atoms with Gasteiger partial charge in [0.2, 0.25) is 5.13 Å². The number of halogens is 1. The number of carbonyl (C=O) groups is 2. The third-order valence-corrected chi connectivity index (χ3v) is 5.53. The highest BCUT2D eigenvalue weighted by molar-refractivity contribution is 7.13. The third kappa shape index (κ3) is 3.50. The van der Waals surface area contributed by atoms with Crippen molar-refractivity contribution in [2.75, 3.05) is 19.1 Å². The van der Waals surface area contributed by atoms with E-state index < -0.39 is 29.3 Å². The Morgan fingerprint density at radius 2 is 1.81 bits per heavy atom. The van der Waals surface area contributed by atoms with Crippen molar-refractivity contribution in [1.29, 1.82) is 0 Å². The molecule has 1 fully saturated rings. The lowest BCUT2D eigenvalue weighted by Crippen LogP contribution is -2.29. The minimum atomic E-state index is -1.00. The Bertz CT molecular complexity index is 1180. The second kappa shape index (κ2) is 8.15. The number of ketones is 1. The number of hydrogen-bond donors (Lipinski definition) is 1. The molecule has 1 N–H and O–H groups in total. The molecular formula is C21H16FN3O5S. The molecule has 1 unspecified atom stereocenters. The van der Waals surface area contributed by atoms with Crippen molar-refractivity contribution < 1.29 is 28.6 Å². The van der Waals surface area contributed by atoms with Gasteiger partial charge in [0.1, 0.15) is 17.1 Å². The molecule has 4 rings (SSSR count).